The number of nitrogens with zero attached hydrogens (tertiary/aromatic N) is 1. The van der Waals surface area contributed by atoms with E-state index in [1.807, 2.05) is 31.2 Å². The first kappa shape index (κ1) is 13.4. The average Bonchev–Trinajstić information content (AvgIpc) is 2.52. The molecule has 5 heteroatoms. The number of ether oxygens (including phenoxy) is 1. The van der Waals surface area contributed by atoms with Crippen LogP contribution in [-0.2, 0) is 16.1 Å². The van der Waals surface area contributed by atoms with Crippen molar-refractivity contribution in [1.29, 1.82) is 0 Å². The minimum absolute atomic E-state index is 0.0655. The second-order valence-corrected chi connectivity index (χ2v) is 4.66. The van der Waals surface area contributed by atoms with Gasteiger partial charge in [-0.25, -0.2) is 0 Å². The highest BCUT2D eigenvalue weighted by atomic mass is 16.5. The number of benzene rings is 1. The standard InChI is InChI=1S/C14H18N2O3/c1-10-7-13(17)15-8-14(18)16(10)9-11-5-3-4-6-12(11)19-2/h3-6,10H,7-9H2,1-2H3,(H,15,17). The largest absolute Gasteiger partial charge is 0.496 e. The van der Waals surface area contributed by atoms with Crippen LogP contribution >= 0.6 is 0 Å². The van der Waals surface area contributed by atoms with Crippen LogP contribution in [0.2, 0.25) is 0 Å². The first-order valence-corrected chi connectivity index (χ1v) is 6.30. The molecule has 1 N–H and O–H groups in total. The van der Waals surface area contributed by atoms with Crippen molar-refractivity contribution in [2.45, 2.75) is 25.9 Å². The maximum atomic E-state index is 12.0. The zero-order valence-corrected chi connectivity index (χ0v) is 11.2. The van der Waals surface area contributed by atoms with Crippen LogP contribution in [0.5, 0.6) is 5.75 Å². The van der Waals surface area contributed by atoms with E-state index in [0.29, 0.717) is 13.0 Å². The molecule has 0 saturated carbocycles. The number of hydrogen-bond donors (Lipinski definition) is 1. The van der Waals surface area contributed by atoms with Crippen molar-refractivity contribution in [3.63, 3.8) is 0 Å². The summed E-state index contributed by atoms with van der Waals surface area (Å²) in [5, 5.41) is 2.61. The number of para-hydroxylation sites is 1. The SMILES string of the molecule is COc1ccccc1CN1C(=O)CNC(=O)CC1C. The van der Waals surface area contributed by atoms with Crippen molar-refractivity contribution in [3.8, 4) is 5.75 Å². The summed E-state index contributed by atoms with van der Waals surface area (Å²) in [4.78, 5) is 25.2. The van der Waals surface area contributed by atoms with Crippen LogP contribution in [-0.4, -0.2) is 36.4 Å². The molecule has 102 valence electrons. The number of amides is 2. The third-order valence-electron chi connectivity index (χ3n) is 3.30. The van der Waals surface area contributed by atoms with Crippen molar-refractivity contribution < 1.29 is 14.3 Å². The van der Waals surface area contributed by atoms with Gasteiger partial charge in [0.1, 0.15) is 5.75 Å². The van der Waals surface area contributed by atoms with Crippen LogP contribution in [0.25, 0.3) is 0 Å². The summed E-state index contributed by atoms with van der Waals surface area (Å²) in [6.07, 6.45) is 0.334. The maximum absolute atomic E-state index is 12.0. The molecule has 1 unspecified atom stereocenters. The molecule has 1 aromatic rings. The molecule has 5 nitrogen and oxygen atoms in total. The quantitative estimate of drug-likeness (QED) is 0.881. The molecular formula is C14H18N2O3. The molecule has 1 fully saturated rings. The van der Waals surface area contributed by atoms with E-state index in [9.17, 15) is 9.59 Å². The summed E-state index contributed by atoms with van der Waals surface area (Å²) in [6, 6.07) is 7.49. The lowest BCUT2D eigenvalue weighted by molar-refractivity contribution is -0.132. The van der Waals surface area contributed by atoms with Crippen molar-refractivity contribution in [3.05, 3.63) is 29.8 Å². The molecule has 1 saturated heterocycles. The fraction of sp³-hybridized carbons (Fsp3) is 0.429. The lowest BCUT2D eigenvalue weighted by Gasteiger charge is -2.27. The molecule has 19 heavy (non-hydrogen) atoms. The highest BCUT2D eigenvalue weighted by molar-refractivity contribution is 5.87. The molecule has 2 rings (SSSR count). The Kier molecular flexibility index (Phi) is 4.04. The zero-order valence-electron chi connectivity index (χ0n) is 11.2. The number of rotatable bonds is 3. The van der Waals surface area contributed by atoms with Crippen LogP contribution in [0.15, 0.2) is 24.3 Å². The van der Waals surface area contributed by atoms with Gasteiger partial charge in [0.05, 0.1) is 13.7 Å². The van der Waals surface area contributed by atoms with Crippen molar-refractivity contribution >= 4 is 11.8 Å². The molecule has 0 spiro atoms. The molecule has 0 aliphatic carbocycles. The van der Waals surface area contributed by atoms with Gasteiger partial charge >= 0.3 is 0 Å². The van der Waals surface area contributed by atoms with Gasteiger partial charge in [-0.2, -0.15) is 0 Å². The number of carbonyl (C=O) groups excluding carboxylic acids is 2. The van der Waals surface area contributed by atoms with Gasteiger partial charge in [-0.1, -0.05) is 18.2 Å². The van der Waals surface area contributed by atoms with Crippen molar-refractivity contribution in [1.82, 2.24) is 10.2 Å². The van der Waals surface area contributed by atoms with Gasteiger partial charge in [0.25, 0.3) is 0 Å². The number of carbonyl (C=O) groups is 2. The zero-order chi connectivity index (χ0) is 13.8. The summed E-state index contributed by atoms with van der Waals surface area (Å²) in [7, 11) is 1.61. The Morgan fingerprint density at radius 1 is 1.37 bits per heavy atom. The molecule has 0 radical (unpaired) electrons. The fourth-order valence-corrected chi connectivity index (χ4v) is 2.23. The maximum Gasteiger partial charge on any atom is 0.242 e. The van der Waals surface area contributed by atoms with Crippen molar-refractivity contribution in [2.24, 2.45) is 0 Å². The Labute approximate surface area is 112 Å². The summed E-state index contributed by atoms with van der Waals surface area (Å²) < 4.78 is 5.29. The summed E-state index contributed by atoms with van der Waals surface area (Å²) >= 11 is 0. The van der Waals surface area contributed by atoms with Crippen LogP contribution in [0.4, 0.5) is 0 Å². The Bertz CT molecular complexity index is 487. The minimum atomic E-state index is -0.111. The highest BCUT2D eigenvalue weighted by Gasteiger charge is 2.27. The van der Waals surface area contributed by atoms with Gasteiger partial charge < -0.3 is 15.0 Å². The summed E-state index contributed by atoms with van der Waals surface area (Å²) in [6.45, 7) is 2.41. The third kappa shape index (κ3) is 3.05. The normalized spacial score (nSPS) is 19.9. The average molecular weight is 262 g/mol. The predicted octanol–water partition coefficient (Wildman–Crippen LogP) is 0.932. The Balaban J connectivity index is 2.20. The lowest BCUT2D eigenvalue weighted by atomic mass is 10.1. The Hall–Kier alpha value is -2.04. The smallest absolute Gasteiger partial charge is 0.242 e. The van der Waals surface area contributed by atoms with Crippen LogP contribution in [0.1, 0.15) is 18.9 Å². The van der Waals surface area contributed by atoms with Crippen LogP contribution < -0.4 is 10.1 Å². The molecule has 1 aliphatic rings. The fourth-order valence-electron chi connectivity index (χ4n) is 2.23. The number of hydrogen-bond acceptors (Lipinski definition) is 3. The van der Waals surface area contributed by atoms with Gasteiger partial charge in [0.2, 0.25) is 11.8 Å². The molecular weight excluding hydrogens is 244 g/mol. The summed E-state index contributed by atoms with van der Waals surface area (Å²) in [5.41, 5.74) is 0.944. The van der Waals surface area contributed by atoms with E-state index >= 15 is 0 Å². The number of methoxy groups -OCH3 is 1. The monoisotopic (exact) mass is 262 g/mol. The van der Waals surface area contributed by atoms with Crippen molar-refractivity contribution in [2.75, 3.05) is 13.7 Å². The van der Waals surface area contributed by atoms with Gasteiger partial charge in [0.15, 0.2) is 0 Å². The molecule has 0 aromatic heterocycles. The summed E-state index contributed by atoms with van der Waals surface area (Å²) in [5.74, 6) is 0.610. The number of nitrogens with one attached hydrogen (secondary N) is 1. The van der Waals surface area contributed by atoms with E-state index in [0.717, 1.165) is 11.3 Å². The molecule has 1 aliphatic heterocycles. The molecule has 0 bridgehead atoms. The third-order valence-corrected chi connectivity index (χ3v) is 3.30. The predicted molar refractivity (Wildman–Crippen MR) is 70.6 cm³/mol. The topological polar surface area (TPSA) is 58.6 Å². The van der Waals surface area contributed by atoms with E-state index in [4.69, 9.17) is 4.74 Å². The Morgan fingerprint density at radius 3 is 2.84 bits per heavy atom. The first-order chi connectivity index (χ1) is 9.11. The van der Waals surface area contributed by atoms with E-state index in [-0.39, 0.29) is 24.4 Å². The van der Waals surface area contributed by atoms with E-state index < -0.39 is 0 Å². The van der Waals surface area contributed by atoms with Gasteiger partial charge in [-0.05, 0) is 13.0 Å². The second-order valence-electron chi connectivity index (χ2n) is 4.66. The van der Waals surface area contributed by atoms with Gasteiger partial charge in [0, 0.05) is 24.6 Å². The molecule has 1 heterocycles. The first-order valence-electron chi connectivity index (χ1n) is 6.30. The van der Waals surface area contributed by atoms with E-state index in [1.54, 1.807) is 12.0 Å². The lowest BCUT2D eigenvalue weighted by Crippen LogP contribution is -2.39. The Morgan fingerprint density at radius 2 is 2.11 bits per heavy atom. The highest BCUT2D eigenvalue weighted by Crippen LogP contribution is 2.21. The minimum Gasteiger partial charge on any atom is -0.496 e. The van der Waals surface area contributed by atoms with Crippen LogP contribution in [0.3, 0.4) is 0 Å². The molecule has 1 atom stereocenters. The van der Waals surface area contributed by atoms with Gasteiger partial charge in [-0.15, -0.1) is 0 Å². The molecule has 1 aromatic carbocycles. The van der Waals surface area contributed by atoms with E-state index in [2.05, 4.69) is 5.32 Å². The van der Waals surface area contributed by atoms with Crippen LogP contribution in [0, 0.1) is 0 Å². The van der Waals surface area contributed by atoms with E-state index in [1.165, 1.54) is 0 Å². The molecule has 2 amide bonds. The second kappa shape index (κ2) is 5.73. The van der Waals surface area contributed by atoms with Gasteiger partial charge in [-0.3, -0.25) is 9.59 Å².